The molecule has 4 heteroatoms. The Morgan fingerprint density at radius 3 is 2.69 bits per heavy atom. The van der Waals surface area contributed by atoms with E-state index in [1.807, 2.05) is 19.1 Å². The molecule has 16 heavy (non-hydrogen) atoms. The third-order valence-electron chi connectivity index (χ3n) is 2.82. The van der Waals surface area contributed by atoms with Crippen LogP contribution in [0.5, 0.6) is 17.2 Å². The first-order valence-corrected chi connectivity index (χ1v) is 5.34. The fourth-order valence-electron chi connectivity index (χ4n) is 2.07. The van der Waals surface area contributed by atoms with E-state index in [0.717, 1.165) is 29.2 Å². The molecule has 0 aliphatic carbocycles. The Hall–Kier alpha value is -1.42. The first-order valence-electron chi connectivity index (χ1n) is 5.34. The van der Waals surface area contributed by atoms with Gasteiger partial charge in [-0.15, -0.1) is 0 Å². The van der Waals surface area contributed by atoms with E-state index in [9.17, 15) is 0 Å². The van der Waals surface area contributed by atoms with Crippen molar-refractivity contribution >= 4 is 0 Å². The molecule has 1 aromatic rings. The van der Waals surface area contributed by atoms with Gasteiger partial charge >= 0.3 is 0 Å². The number of methoxy groups -OCH3 is 2. The van der Waals surface area contributed by atoms with E-state index in [4.69, 9.17) is 19.9 Å². The first-order chi connectivity index (χ1) is 7.65. The van der Waals surface area contributed by atoms with Gasteiger partial charge in [0, 0.05) is 24.6 Å². The summed E-state index contributed by atoms with van der Waals surface area (Å²) < 4.78 is 16.3. The van der Waals surface area contributed by atoms with Crippen LogP contribution in [0.3, 0.4) is 0 Å². The summed E-state index contributed by atoms with van der Waals surface area (Å²) in [4.78, 5) is 0. The van der Waals surface area contributed by atoms with Gasteiger partial charge in [0.05, 0.1) is 25.9 Å². The number of ether oxygens (including phenoxy) is 3. The molecule has 2 N–H and O–H groups in total. The summed E-state index contributed by atoms with van der Waals surface area (Å²) in [5.74, 6) is 2.22. The molecule has 88 valence electrons. The first kappa shape index (κ1) is 11.1. The minimum atomic E-state index is -0.0420. The van der Waals surface area contributed by atoms with Crippen LogP contribution in [0, 0.1) is 0 Å². The molecule has 1 aliphatic rings. The van der Waals surface area contributed by atoms with Gasteiger partial charge in [0.2, 0.25) is 0 Å². The minimum Gasteiger partial charge on any atom is -0.496 e. The summed E-state index contributed by atoms with van der Waals surface area (Å²) in [6.07, 6.45) is 0.926. The fraction of sp³-hybridized carbons (Fsp3) is 0.500. The second-order valence-electron chi connectivity index (χ2n) is 4.01. The fourth-order valence-corrected chi connectivity index (χ4v) is 2.07. The maximum atomic E-state index is 6.10. The summed E-state index contributed by atoms with van der Waals surface area (Å²) in [6, 6.07) is 3.64. The molecule has 0 saturated carbocycles. The van der Waals surface area contributed by atoms with Gasteiger partial charge in [-0.3, -0.25) is 0 Å². The van der Waals surface area contributed by atoms with Gasteiger partial charge in [-0.05, 0) is 6.92 Å². The highest BCUT2D eigenvalue weighted by molar-refractivity contribution is 5.53. The van der Waals surface area contributed by atoms with E-state index in [1.165, 1.54) is 0 Å². The summed E-state index contributed by atoms with van der Waals surface area (Å²) in [5, 5.41) is 0. The average Bonchev–Trinajstić information content (AvgIpc) is 2.26. The predicted molar refractivity (Wildman–Crippen MR) is 61.2 cm³/mol. The van der Waals surface area contributed by atoms with Crippen molar-refractivity contribution < 1.29 is 14.2 Å². The van der Waals surface area contributed by atoms with E-state index in [2.05, 4.69) is 0 Å². The smallest absolute Gasteiger partial charge is 0.131 e. The van der Waals surface area contributed by atoms with E-state index < -0.39 is 0 Å². The Balaban J connectivity index is 2.51. The van der Waals surface area contributed by atoms with E-state index >= 15 is 0 Å². The quantitative estimate of drug-likeness (QED) is 0.831. The molecule has 0 bridgehead atoms. The zero-order valence-corrected chi connectivity index (χ0v) is 9.82. The molecule has 0 amide bonds. The molecular weight excluding hydrogens is 206 g/mol. The van der Waals surface area contributed by atoms with Gasteiger partial charge in [0.15, 0.2) is 0 Å². The Labute approximate surface area is 95.3 Å². The van der Waals surface area contributed by atoms with Crippen molar-refractivity contribution in [1.82, 2.24) is 0 Å². The van der Waals surface area contributed by atoms with Crippen molar-refractivity contribution in [3.63, 3.8) is 0 Å². The lowest BCUT2D eigenvalue weighted by molar-refractivity contribution is 0.173. The van der Waals surface area contributed by atoms with Crippen molar-refractivity contribution in [2.24, 2.45) is 5.73 Å². The topological polar surface area (TPSA) is 53.7 Å². The van der Waals surface area contributed by atoms with Gasteiger partial charge in [-0.25, -0.2) is 0 Å². The van der Waals surface area contributed by atoms with Crippen LogP contribution < -0.4 is 19.9 Å². The minimum absolute atomic E-state index is 0.0420. The molecule has 0 saturated heterocycles. The van der Waals surface area contributed by atoms with Crippen LogP contribution in [0.25, 0.3) is 0 Å². The van der Waals surface area contributed by atoms with E-state index in [1.54, 1.807) is 14.2 Å². The maximum absolute atomic E-state index is 6.10. The number of hydrogen-bond donors (Lipinski definition) is 1. The molecule has 2 unspecified atom stereocenters. The highest BCUT2D eigenvalue weighted by atomic mass is 16.5. The molecule has 0 radical (unpaired) electrons. The second kappa shape index (κ2) is 4.22. The van der Waals surface area contributed by atoms with Crippen molar-refractivity contribution in [2.45, 2.75) is 25.5 Å². The van der Waals surface area contributed by atoms with Gasteiger partial charge in [-0.2, -0.15) is 0 Å². The Kier molecular flexibility index (Phi) is 2.92. The van der Waals surface area contributed by atoms with Gasteiger partial charge in [0.1, 0.15) is 17.2 Å². The van der Waals surface area contributed by atoms with Crippen LogP contribution >= 0.6 is 0 Å². The second-order valence-corrected chi connectivity index (χ2v) is 4.01. The highest BCUT2D eigenvalue weighted by Gasteiger charge is 2.27. The molecule has 1 heterocycles. The highest BCUT2D eigenvalue weighted by Crippen LogP contribution is 2.42. The van der Waals surface area contributed by atoms with Crippen molar-refractivity contribution in [2.75, 3.05) is 14.2 Å². The van der Waals surface area contributed by atoms with Crippen LogP contribution in [-0.2, 0) is 0 Å². The van der Waals surface area contributed by atoms with E-state index in [-0.39, 0.29) is 12.1 Å². The lowest BCUT2D eigenvalue weighted by Gasteiger charge is -2.29. The van der Waals surface area contributed by atoms with Gasteiger partial charge < -0.3 is 19.9 Å². The lowest BCUT2D eigenvalue weighted by Crippen LogP contribution is -2.27. The number of nitrogens with two attached hydrogens (primary N) is 1. The molecule has 2 atom stereocenters. The van der Waals surface area contributed by atoms with Crippen LogP contribution in [0.15, 0.2) is 12.1 Å². The zero-order chi connectivity index (χ0) is 11.7. The van der Waals surface area contributed by atoms with Gasteiger partial charge in [-0.1, -0.05) is 0 Å². The van der Waals surface area contributed by atoms with Crippen LogP contribution in [0.4, 0.5) is 0 Å². The largest absolute Gasteiger partial charge is 0.496 e. The molecule has 0 spiro atoms. The number of benzene rings is 1. The van der Waals surface area contributed by atoms with Crippen LogP contribution in [0.2, 0.25) is 0 Å². The third-order valence-corrected chi connectivity index (χ3v) is 2.82. The third kappa shape index (κ3) is 1.80. The predicted octanol–water partition coefficient (Wildman–Crippen LogP) is 1.87. The van der Waals surface area contributed by atoms with Crippen molar-refractivity contribution in [3.05, 3.63) is 17.7 Å². The summed E-state index contributed by atoms with van der Waals surface area (Å²) >= 11 is 0. The summed E-state index contributed by atoms with van der Waals surface area (Å²) in [7, 11) is 3.24. The number of rotatable bonds is 2. The molecule has 1 aliphatic heterocycles. The lowest BCUT2D eigenvalue weighted by atomic mass is 9.97. The maximum Gasteiger partial charge on any atom is 0.131 e. The molecule has 0 aromatic heterocycles. The SMILES string of the molecule is COc1cc(OC)c2c(c1)OC(C)CC2N. The number of fused-ring (bicyclic) bond motifs is 1. The number of hydrogen-bond acceptors (Lipinski definition) is 4. The zero-order valence-electron chi connectivity index (χ0n) is 9.82. The monoisotopic (exact) mass is 223 g/mol. The van der Waals surface area contributed by atoms with Crippen molar-refractivity contribution in [3.8, 4) is 17.2 Å². The van der Waals surface area contributed by atoms with Crippen LogP contribution in [-0.4, -0.2) is 20.3 Å². The average molecular weight is 223 g/mol. The summed E-state index contributed by atoms with van der Waals surface area (Å²) in [6.45, 7) is 2.01. The molecule has 0 fully saturated rings. The Bertz CT molecular complexity index is 392. The molecular formula is C12H17NO3. The van der Waals surface area contributed by atoms with E-state index in [0.29, 0.717) is 0 Å². The molecule has 4 nitrogen and oxygen atoms in total. The Morgan fingerprint density at radius 1 is 1.31 bits per heavy atom. The molecule has 1 aromatic carbocycles. The Morgan fingerprint density at radius 2 is 2.06 bits per heavy atom. The van der Waals surface area contributed by atoms with Crippen molar-refractivity contribution in [1.29, 1.82) is 0 Å². The normalized spacial score (nSPS) is 23.2. The van der Waals surface area contributed by atoms with Gasteiger partial charge in [0.25, 0.3) is 0 Å². The molecule has 2 rings (SSSR count). The standard InChI is InChI=1S/C12H17NO3/c1-7-4-9(13)12-10(15-3)5-8(14-2)6-11(12)16-7/h5-7,9H,4,13H2,1-3H3. The summed E-state index contributed by atoms with van der Waals surface area (Å²) in [5.41, 5.74) is 7.04. The van der Waals surface area contributed by atoms with Crippen LogP contribution in [0.1, 0.15) is 24.9 Å².